The van der Waals surface area contributed by atoms with Crippen LogP contribution in [0, 0.1) is 0 Å². The van der Waals surface area contributed by atoms with Crippen LogP contribution in [0.5, 0.6) is 0 Å². The molecule has 0 aliphatic carbocycles. The summed E-state index contributed by atoms with van der Waals surface area (Å²) in [5, 5.41) is 12.1. The molecule has 0 aliphatic heterocycles. The van der Waals surface area contributed by atoms with Crippen molar-refractivity contribution in [3.63, 3.8) is 0 Å². The predicted molar refractivity (Wildman–Crippen MR) is 63.9 cm³/mol. The Balaban J connectivity index is 2.39. The molecule has 0 unspecified atom stereocenters. The van der Waals surface area contributed by atoms with Crippen LogP contribution < -0.4 is 5.32 Å². The molecule has 6 heteroatoms. The third-order valence-corrected chi connectivity index (χ3v) is 2.28. The maximum atomic E-state index is 10.9. The molecule has 2 N–H and O–H groups in total. The summed E-state index contributed by atoms with van der Waals surface area (Å²) in [7, 11) is 4.04. The van der Waals surface area contributed by atoms with Crippen molar-refractivity contribution in [1.29, 1.82) is 0 Å². The summed E-state index contributed by atoms with van der Waals surface area (Å²) in [6, 6.07) is 0. The predicted octanol–water partition coefficient (Wildman–Crippen LogP) is 0.216. The van der Waals surface area contributed by atoms with Gasteiger partial charge in [0.05, 0.1) is 5.69 Å². The topological polar surface area (TPSA) is 78.3 Å². The van der Waals surface area contributed by atoms with E-state index in [9.17, 15) is 4.79 Å². The van der Waals surface area contributed by atoms with Crippen molar-refractivity contribution in [3.05, 3.63) is 23.8 Å². The van der Waals surface area contributed by atoms with Gasteiger partial charge in [0.15, 0.2) is 0 Å². The highest BCUT2D eigenvalue weighted by atomic mass is 16.4. The van der Waals surface area contributed by atoms with Gasteiger partial charge in [0, 0.05) is 12.7 Å². The summed E-state index contributed by atoms with van der Waals surface area (Å²) in [6.07, 6.45) is 3.70. The summed E-state index contributed by atoms with van der Waals surface area (Å²) in [5.41, 5.74) is 0.685. The Morgan fingerprint density at radius 3 is 2.94 bits per heavy atom. The smallest absolute Gasteiger partial charge is 0.339 e. The number of carboxylic acids is 1. The van der Waals surface area contributed by atoms with E-state index in [4.69, 9.17) is 5.11 Å². The summed E-state index contributed by atoms with van der Waals surface area (Å²) in [4.78, 5) is 20.7. The molecule has 0 atom stereocenters. The number of nitrogens with one attached hydrogen (secondary N) is 1. The lowest BCUT2D eigenvalue weighted by molar-refractivity contribution is 0.0694. The largest absolute Gasteiger partial charge is 0.478 e. The molecule has 0 aromatic carbocycles. The van der Waals surface area contributed by atoms with Gasteiger partial charge in [0.25, 0.3) is 0 Å². The zero-order valence-electron chi connectivity index (χ0n) is 10.2. The maximum Gasteiger partial charge on any atom is 0.339 e. The number of aromatic nitrogens is 2. The van der Waals surface area contributed by atoms with Crippen molar-refractivity contribution in [2.24, 2.45) is 0 Å². The monoisotopic (exact) mass is 238 g/mol. The van der Waals surface area contributed by atoms with Crippen LogP contribution in [0.2, 0.25) is 0 Å². The zero-order chi connectivity index (χ0) is 12.7. The van der Waals surface area contributed by atoms with Gasteiger partial charge < -0.3 is 15.3 Å². The third kappa shape index (κ3) is 4.88. The Bertz CT molecular complexity index is 368. The van der Waals surface area contributed by atoms with E-state index in [2.05, 4.69) is 20.2 Å². The normalized spacial score (nSPS) is 10.8. The number of hydrogen-bond acceptors (Lipinski definition) is 5. The second kappa shape index (κ2) is 6.93. The highest BCUT2D eigenvalue weighted by Crippen LogP contribution is 2.02. The Morgan fingerprint density at radius 2 is 2.29 bits per heavy atom. The third-order valence-electron chi connectivity index (χ3n) is 2.28. The molecule has 0 fully saturated rings. The lowest BCUT2D eigenvalue weighted by atomic mass is 10.2. The fourth-order valence-corrected chi connectivity index (χ4v) is 1.40. The molecule has 0 radical (unpaired) electrons. The quantitative estimate of drug-likeness (QED) is 0.661. The first-order valence-electron chi connectivity index (χ1n) is 5.49. The van der Waals surface area contributed by atoms with E-state index in [-0.39, 0.29) is 5.56 Å². The average Bonchev–Trinajstić information content (AvgIpc) is 2.28. The molecule has 17 heavy (non-hydrogen) atoms. The van der Waals surface area contributed by atoms with E-state index >= 15 is 0 Å². The lowest BCUT2D eigenvalue weighted by Crippen LogP contribution is -2.22. The lowest BCUT2D eigenvalue weighted by Gasteiger charge is -2.10. The Labute approximate surface area is 101 Å². The first-order chi connectivity index (χ1) is 8.11. The number of nitrogens with zero attached hydrogens (tertiary/aromatic N) is 3. The van der Waals surface area contributed by atoms with Crippen molar-refractivity contribution >= 4 is 5.97 Å². The van der Waals surface area contributed by atoms with Crippen LogP contribution in [-0.2, 0) is 6.54 Å². The van der Waals surface area contributed by atoms with Crippen molar-refractivity contribution in [3.8, 4) is 0 Å². The molecule has 0 amide bonds. The van der Waals surface area contributed by atoms with Gasteiger partial charge in [-0.3, -0.25) is 0 Å². The molecule has 0 saturated carbocycles. The second-order valence-corrected chi connectivity index (χ2v) is 4.02. The van der Waals surface area contributed by atoms with Gasteiger partial charge in [-0.05, 0) is 33.6 Å². The molecule has 1 aromatic heterocycles. The van der Waals surface area contributed by atoms with Crippen LogP contribution in [-0.4, -0.2) is 53.1 Å². The standard InChI is InChI=1S/C11H18N4O2/c1-15(2)5-3-4-12-7-10-9(11(16)17)6-13-8-14-10/h6,8,12H,3-5,7H2,1-2H3,(H,16,17). The highest BCUT2D eigenvalue weighted by molar-refractivity contribution is 5.88. The number of aromatic carboxylic acids is 1. The van der Waals surface area contributed by atoms with Crippen LogP contribution >= 0.6 is 0 Å². The fourth-order valence-electron chi connectivity index (χ4n) is 1.40. The van der Waals surface area contributed by atoms with Gasteiger partial charge >= 0.3 is 5.97 Å². The molecule has 0 saturated heterocycles. The van der Waals surface area contributed by atoms with Gasteiger partial charge in [-0.2, -0.15) is 0 Å². The Morgan fingerprint density at radius 1 is 1.53 bits per heavy atom. The van der Waals surface area contributed by atoms with Crippen LogP contribution in [0.1, 0.15) is 22.5 Å². The van der Waals surface area contributed by atoms with Gasteiger partial charge in [-0.25, -0.2) is 14.8 Å². The number of carbonyl (C=O) groups is 1. The van der Waals surface area contributed by atoms with E-state index in [0.29, 0.717) is 12.2 Å². The van der Waals surface area contributed by atoms with Gasteiger partial charge in [0.1, 0.15) is 11.9 Å². The first-order valence-corrected chi connectivity index (χ1v) is 5.49. The molecule has 94 valence electrons. The van der Waals surface area contributed by atoms with Gasteiger partial charge in [-0.1, -0.05) is 0 Å². The van der Waals surface area contributed by atoms with E-state index in [1.807, 2.05) is 14.1 Å². The molecule has 6 nitrogen and oxygen atoms in total. The van der Waals surface area contributed by atoms with Crippen LogP contribution in [0.15, 0.2) is 12.5 Å². The number of carboxylic acid groups (broad SMARTS) is 1. The SMILES string of the molecule is CN(C)CCCNCc1ncncc1C(=O)O. The van der Waals surface area contributed by atoms with Crippen LogP contribution in [0.4, 0.5) is 0 Å². The van der Waals surface area contributed by atoms with E-state index in [1.54, 1.807) is 0 Å². The summed E-state index contributed by atoms with van der Waals surface area (Å²) >= 11 is 0. The second-order valence-electron chi connectivity index (χ2n) is 4.02. The van der Waals surface area contributed by atoms with E-state index in [0.717, 1.165) is 19.5 Å². The molecular weight excluding hydrogens is 220 g/mol. The van der Waals surface area contributed by atoms with E-state index < -0.39 is 5.97 Å². The Kier molecular flexibility index (Phi) is 5.51. The first kappa shape index (κ1) is 13.5. The summed E-state index contributed by atoms with van der Waals surface area (Å²) in [6.45, 7) is 2.29. The summed E-state index contributed by atoms with van der Waals surface area (Å²) < 4.78 is 0. The minimum absolute atomic E-state index is 0.160. The maximum absolute atomic E-state index is 10.9. The Hall–Kier alpha value is -1.53. The van der Waals surface area contributed by atoms with E-state index in [1.165, 1.54) is 12.5 Å². The molecule has 1 heterocycles. The number of rotatable bonds is 7. The van der Waals surface area contributed by atoms with Crippen LogP contribution in [0.25, 0.3) is 0 Å². The highest BCUT2D eigenvalue weighted by Gasteiger charge is 2.10. The zero-order valence-corrected chi connectivity index (χ0v) is 10.2. The molecule has 0 bridgehead atoms. The molecular formula is C11H18N4O2. The average molecular weight is 238 g/mol. The van der Waals surface area contributed by atoms with Crippen LogP contribution in [0.3, 0.4) is 0 Å². The molecule has 1 rings (SSSR count). The molecule has 0 aliphatic rings. The van der Waals surface area contributed by atoms with Crippen molar-refractivity contribution in [2.75, 3.05) is 27.2 Å². The van der Waals surface area contributed by atoms with Crippen molar-refractivity contribution in [2.45, 2.75) is 13.0 Å². The molecule has 0 spiro atoms. The fraction of sp³-hybridized carbons (Fsp3) is 0.545. The number of hydrogen-bond donors (Lipinski definition) is 2. The summed E-state index contributed by atoms with van der Waals surface area (Å²) in [5.74, 6) is -0.990. The minimum Gasteiger partial charge on any atom is -0.478 e. The van der Waals surface area contributed by atoms with Gasteiger partial charge in [0.2, 0.25) is 0 Å². The van der Waals surface area contributed by atoms with Crippen molar-refractivity contribution < 1.29 is 9.90 Å². The minimum atomic E-state index is -0.990. The van der Waals surface area contributed by atoms with Crippen molar-refractivity contribution in [1.82, 2.24) is 20.2 Å². The van der Waals surface area contributed by atoms with Gasteiger partial charge in [-0.15, -0.1) is 0 Å². The molecule has 1 aromatic rings.